The first kappa shape index (κ1) is 42.5. The second-order valence-corrected chi connectivity index (χ2v) is 19.3. The Labute approximate surface area is 338 Å². The second kappa shape index (κ2) is 19.9. The fourth-order valence-corrected chi connectivity index (χ4v) is 14.9. The molecule has 0 aromatic heterocycles. The normalized spacial score (nSPS) is 11.4. The first-order chi connectivity index (χ1) is 26.3. The summed E-state index contributed by atoms with van der Waals surface area (Å²) in [4.78, 5) is 37.3. The van der Waals surface area contributed by atoms with E-state index in [4.69, 9.17) is 14.1 Å². The Bertz CT molecular complexity index is 1970. The molecular formula is C44H42AgNO7P2. The molecule has 0 fully saturated rings. The van der Waals surface area contributed by atoms with Gasteiger partial charge >= 0.3 is 197 Å². The summed E-state index contributed by atoms with van der Waals surface area (Å²) >= 11 is 0. The minimum absolute atomic E-state index is 0. The number of ether oxygens (including phenoxy) is 2. The molecule has 0 saturated heterocycles. The second-order valence-electron chi connectivity index (χ2n) is 11.9. The Morgan fingerprint density at radius 2 is 0.891 bits per heavy atom. The minimum atomic E-state index is -4.46. The van der Waals surface area contributed by atoms with Gasteiger partial charge < -0.3 is 4.74 Å². The maximum Gasteiger partial charge on any atom is 1.00 e. The van der Waals surface area contributed by atoms with Crippen molar-refractivity contribution in [3.05, 3.63) is 198 Å². The first-order valence-corrected chi connectivity index (χ1v) is 21.5. The zero-order valence-electron chi connectivity index (χ0n) is 30.4. The van der Waals surface area contributed by atoms with Gasteiger partial charge in [0, 0.05) is 5.80 Å². The quantitative estimate of drug-likeness (QED) is 0.0318. The van der Waals surface area contributed by atoms with Crippen LogP contribution in [0.15, 0.2) is 182 Å². The molecular weight excluding hydrogens is 824 g/mol. The van der Waals surface area contributed by atoms with Crippen LogP contribution in [0.1, 0.15) is 13.8 Å². The van der Waals surface area contributed by atoms with Gasteiger partial charge in [-0.25, -0.2) is 4.79 Å². The fraction of sp³-hybridized carbons (Fsp3) is 0.0909. The summed E-state index contributed by atoms with van der Waals surface area (Å²) in [6.07, 6.45) is 1.28. The van der Waals surface area contributed by atoms with Gasteiger partial charge in [-0.1, -0.05) is 91.0 Å². The molecule has 0 aliphatic rings. The third kappa shape index (κ3) is 9.20. The first-order valence-electron chi connectivity index (χ1n) is 17.4. The summed E-state index contributed by atoms with van der Waals surface area (Å²) in [6, 6.07) is 57.3. The summed E-state index contributed by atoms with van der Waals surface area (Å²) in [5, 5.41) is 16.1. The minimum Gasteiger partial charge on any atom is 1.00 e. The predicted molar refractivity (Wildman–Crippen MR) is 222 cm³/mol. The summed E-state index contributed by atoms with van der Waals surface area (Å²) in [7, 11) is 0. The van der Waals surface area contributed by atoms with Crippen LogP contribution in [0.25, 0.3) is 0 Å². The fourth-order valence-electron chi connectivity index (χ4n) is 6.52. The molecule has 55 heavy (non-hydrogen) atoms. The molecule has 0 bridgehead atoms. The van der Waals surface area contributed by atoms with Gasteiger partial charge in [-0.3, -0.25) is 0 Å². The van der Waals surface area contributed by atoms with Gasteiger partial charge in [-0.15, -0.1) is 0 Å². The van der Waals surface area contributed by atoms with Crippen LogP contribution >= 0.6 is 13.7 Å². The van der Waals surface area contributed by atoms with Crippen molar-refractivity contribution in [3.8, 4) is 0 Å². The van der Waals surface area contributed by atoms with E-state index in [0.29, 0.717) is 22.5 Å². The van der Waals surface area contributed by atoms with Crippen molar-refractivity contribution in [2.45, 2.75) is 13.8 Å². The molecule has 0 unspecified atom stereocenters. The molecule has 0 aliphatic carbocycles. The van der Waals surface area contributed by atoms with Crippen LogP contribution in [0.2, 0.25) is 0 Å². The van der Waals surface area contributed by atoms with E-state index < -0.39 is 24.8 Å². The van der Waals surface area contributed by atoms with Gasteiger partial charge in [0.05, 0.1) is 6.61 Å². The Morgan fingerprint density at radius 3 is 1.18 bits per heavy atom. The molecule has 0 amide bonds. The molecule has 0 spiro atoms. The number of hydrogen-bond donors (Lipinski definition) is 0. The SMILES string of the molecule is CCOC(=O)C=P(c1ccccc1)(c1ccccc1)c1ccccc1.CCOC(=O)[CH-]P(O[N+](=O)[O-])(c1ccccc1)(c1ccccc1)c1ccccc1.[Ag+]. The van der Waals surface area contributed by atoms with Crippen molar-refractivity contribution in [2.24, 2.45) is 0 Å². The van der Waals surface area contributed by atoms with E-state index in [2.05, 4.69) is 36.4 Å². The Hall–Kier alpha value is -5.20. The van der Waals surface area contributed by atoms with Crippen molar-refractivity contribution in [1.82, 2.24) is 0 Å². The smallest absolute Gasteiger partial charge is 1.00 e. The van der Waals surface area contributed by atoms with Crippen LogP contribution in [0.5, 0.6) is 0 Å². The van der Waals surface area contributed by atoms with Gasteiger partial charge in [0.15, 0.2) is 0 Å². The number of nitrogens with zero attached hydrogens (tertiary/aromatic N) is 1. The topological polar surface area (TPSA) is 105 Å². The van der Waals surface area contributed by atoms with E-state index in [-0.39, 0.29) is 35.0 Å². The van der Waals surface area contributed by atoms with Crippen LogP contribution in [-0.2, 0) is 46.1 Å². The van der Waals surface area contributed by atoms with Gasteiger partial charge in [-0.2, -0.15) is 0 Å². The average molecular weight is 867 g/mol. The number of benzene rings is 6. The molecule has 0 radical (unpaired) electrons. The number of hydrogen-bond acceptors (Lipinski definition) is 7. The van der Waals surface area contributed by atoms with Gasteiger partial charge in [0.1, 0.15) is 0 Å². The Morgan fingerprint density at radius 1 is 0.582 bits per heavy atom. The molecule has 286 valence electrons. The zero-order valence-corrected chi connectivity index (χ0v) is 33.7. The van der Waals surface area contributed by atoms with Crippen LogP contribution in [0, 0.1) is 16.3 Å². The number of esters is 2. The molecule has 0 saturated carbocycles. The predicted octanol–water partition coefficient (Wildman–Crippen LogP) is 6.71. The van der Waals surface area contributed by atoms with Crippen molar-refractivity contribution in [3.63, 3.8) is 0 Å². The summed E-state index contributed by atoms with van der Waals surface area (Å²) in [6.45, 7) is -2.67. The third-order valence-corrected chi connectivity index (χ3v) is 17.8. The number of carbonyl (C=O) groups excluding carboxylic acids is 2. The monoisotopic (exact) mass is 865 g/mol. The Kier molecular flexibility index (Phi) is 15.4. The van der Waals surface area contributed by atoms with Gasteiger partial charge in [-0.05, 0) is 29.7 Å². The number of carbonyl (C=O) groups is 2. The summed E-state index contributed by atoms with van der Waals surface area (Å²) < 4.78 is 16.2. The van der Waals surface area contributed by atoms with Crippen molar-refractivity contribution < 1.29 is 51.2 Å². The van der Waals surface area contributed by atoms with E-state index in [1.165, 1.54) is 6.16 Å². The van der Waals surface area contributed by atoms with Crippen LogP contribution < -0.4 is 31.8 Å². The van der Waals surface area contributed by atoms with E-state index in [1.807, 2.05) is 79.7 Å². The molecule has 6 rings (SSSR count). The molecule has 6 aromatic carbocycles. The Balaban J connectivity index is 0.000000243. The van der Waals surface area contributed by atoms with Crippen LogP contribution in [-0.4, -0.2) is 36.0 Å². The molecule has 6 aromatic rings. The molecule has 0 heterocycles. The van der Waals surface area contributed by atoms with Crippen molar-refractivity contribution in [2.75, 3.05) is 13.2 Å². The standard InChI is InChI=1S/C22H21NO5P.C22H21O2P.Ag/c1-2-27-22(24)18-29(28-23(25)26,19-12-6-3-7-13-19,20-14-8-4-9-15-20)21-16-10-5-11-17-21;1-2-24-22(23)18-25(19-12-6-3-7-13-19,20-14-8-4-9-15-20)21-16-10-5-11-17-21;/h3-18H,2H2,1H3;3-18H,2H2,1H3;/q-1;;+1. The van der Waals surface area contributed by atoms with E-state index in [0.717, 1.165) is 15.9 Å². The van der Waals surface area contributed by atoms with Crippen molar-refractivity contribution in [1.29, 1.82) is 0 Å². The van der Waals surface area contributed by atoms with Crippen molar-refractivity contribution >= 4 is 63.3 Å². The summed E-state index contributed by atoms with van der Waals surface area (Å²) in [5.41, 5.74) is 0. The molecule has 0 N–H and O–H groups in total. The van der Waals surface area contributed by atoms with E-state index in [1.54, 1.807) is 85.5 Å². The zero-order chi connectivity index (χ0) is 38.3. The summed E-state index contributed by atoms with van der Waals surface area (Å²) in [5.74, 6) is 0.854. The van der Waals surface area contributed by atoms with Crippen LogP contribution in [0.4, 0.5) is 0 Å². The molecule has 8 nitrogen and oxygen atoms in total. The van der Waals surface area contributed by atoms with Gasteiger partial charge in [0.2, 0.25) is 0 Å². The maximum absolute atomic E-state index is 12.8. The molecule has 11 heteroatoms. The van der Waals surface area contributed by atoms with E-state index in [9.17, 15) is 19.7 Å². The third-order valence-electron chi connectivity index (χ3n) is 8.76. The van der Waals surface area contributed by atoms with Crippen LogP contribution in [0.3, 0.4) is 0 Å². The maximum atomic E-state index is 12.8. The molecule has 0 aliphatic heterocycles. The van der Waals surface area contributed by atoms with E-state index >= 15 is 0 Å². The number of rotatable bonds is 13. The largest absolute Gasteiger partial charge is 1.00 e. The van der Waals surface area contributed by atoms with Gasteiger partial charge in [0.25, 0.3) is 0 Å². The molecule has 0 atom stereocenters. The average Bonchev–Trinajstić information content (AvgIpc) is 3.22.